The summed E-state index contributed by atoms with van der Waals surface area (Å²) in [7, 11) is 0. The highest BCUT2D eigenvalue weighted by molar-refractivity contribution is 8.00. The van der Waals surface area contributed by atoms with E-state index >= 15 is 0 Å². The van der Waals surface area contributed by atoms with Gasteiger partial charge in [-0.2, -0.15) is 0 Å². The van der Waals surface area contributed by atoms with Gasteiger partial charge in [0.2, 0.25) is 5.91 Å². The van der Waals surface area contributed by atoms with Gasteiger partial charge in [0.1, 0.15) is 12.4 Å². The highest BCUT2D eigenvalue weighted by Gasteiger charge is 2.47. The molecule has 0 bridgehead atoms. The minimum atomic E-state index is -0.960. The number of thioether (sulfide) groups is 1. The summed E-state index contributed by atoms with van der Waals surface area (Å²) in [5, 5.41) is 11.9. The minimum Gasteiger partial charge on any atom is -0.491 e. The molecule has 2 aliphatic rings. The van der Waals surface area contributed by atoms with Crippen molar-refractivity contribution in [3.8, 4) is 5.75 Å². The summed E-state index contributed by atoms with van der Waals surface area (Å²) in [4.78, 5) is 29.0. The number of hydrogen-bond donors (Lipinski definition) is 1. The maximum atomic E-state index is 13.6. The highest BCUT2D eigenvalue weighted by atomic mass is 35.5. The van der Waals surface area contributed by atoms with Crippen molar-refractivity contribution in [2.24, 2.45) is 11.3 Å². The quantitative estimate of drug-likeness (QED) is 0.161. The molecule has 0 spiro atoms. The van der Waals surface area contributed by atoms with Gasteiger partial charge in [0.15, 0.2) is 0 Å². The molecule has 8 heteroatoms. The monoisotopic (exact) mass is 672 g/mol. The number of carbonyl (C=O) groups is 2. The average molecular weight is 673 g/mol. The predicted molar refractivity (Wildman–Crippen MR) is 191 cm³/mol. The number of carboxylic acids is 1. The van der Waals surface area contributed by atoms with E-state index in [1.54, 1.807) is 25.6 Å². The molecule has 1 aliphatic carbocycles. The smallest absolute Gasteiger partial charge is 0.309 e. The number of carboxylic acid groups (broad SMARTS) is 1. The molecule has 3 aromatic carbocycles. The first-order chi connectivity index (χ1) is 22.3. The number of aromatic nitrogens is 1. The lowest BCUT2D eigenvalue weighted by Gasteiger charge is -2.25. The van der Waals surface area contributed by atoms with Crippen molar-refractivity contribution in [1.82, 2.24) is 9.47 Å². The molecule has 3 unspecified atom stereocenters. The number of fused-ring (bicyclic) bond motifs is 1. The SMILES string of the molecule is CC(C)(C)Sc1c(CC(C)(C)C(=O)O)n(Cc2ccc(Cl)cc2)c2ccc(OCC3CCCN3C(=O)C3CC3c3ccccc3)cc12. The van der Waals surface area contributed by atoms with Gasteiger partial charge in [-0.1, -0.05) is 74.8 Å². The Morgan fingerprint density at radius 2 is 1.72 bits per heavy atom. The van der Waals surface area contributed by atoms with Crippen LogP contribution in [0.5, 0.6) is 5.75 Å². The van der Waals surface area contributed by atoms with Crippen LogP contribution in [0.4, 0.5) is 0 Å². The molecule has 1 saturated heterocycles. The van der Waals surface area contributed by atoms with Crippen LogP contribution in [-0.4, -0.2) is 50.4 Å². The van der Waals surface area contributed by atoms with Crippen molar-refractivity contribution in [3.05, 3.63) is 94.6 Å². The summed E-state index contributed by atoms with van der Waals surface area (Å²) >= 11 is 7.96. The van der Waals surface area contributed by atoms with Gasteiger partial charge < -0.3 is 19.3 Å². The maximum absolute atomic E-state index is 13.6. The number of hydrogen-bond acceptors (Lipinski definition) is 4. The molecule has 6 rings (SSSR count). The lowest BCUT2D eigenvalue weighted by Crippen LogP contribution is -2.40. The third kappa shape index (κ3) is 7.52. The Labute approximate surface area is 287 Å². The second-order valence-corrected chi connectivity index (χ2v) is 17.0. The van der Waals surface area contributed by atoms with E-state index in [0.29, 0.717) is 30.5 Å². The summed E-state index contributed by atoms with van der Waals surface area (Å²) in [5.74, 6) is 0.584. The van der Waals surface area contributed by atoms with Gasteiger partial charge in [-0.25, -0.2) is 0 Å². The first kappa shape index (κ1) is 33.5. The number of amides is 1. The van der Waals surface area contributed by atoms with Gasteiger partial charge >= 0.3 is 5.97 Å². The topological polar surface area (TPSA) is 71.8 Å². The van der Waals surface area contributed by atoms with E-state index in [1.807, 2.05) is 48.5 Å². The van der Waals surface area contributed by atoms with Crippen molar-refractivity contribution < 1.29 is 19.4 Å². The molecule has 1 N–H and O–H groups in total. The van der Waals surface area contributed by atoms with E-state index < -0.39 is 11.4 Å². The molecule has 47 heavy (non-hydrogen) atoms. The third-order valence-electron chi connectivity index (χ3n) is 9.38. The second kappa shape index (κ2) is 13.2. The van der Waals surface area contributed by atoms with Crippen molar-refractivity contribution in [1.29, 1.82) is 0 Å². The lowest BCUT2D eigenvalue weighted by molar-refractivity contribution is -0.146. The Bertz CT molecular complexity index is 1760. The highest BCUT2D eigenvalue weighted by Crippen LogP contribution is 2.49. The summed E-state index contributed by atoms with van der Waals surface area (Å²) in [6, 6.07) is 24.4. The van der Waals surface area contributed by atoms with Crippen molar-refractivity contribution in [3.63, 3.8) is 0 Å². The minimum absolute atomic E-state index is 0.0556. The van der Waals surface area contributed by atoms with Crippen LogP contribution < -0.4 is 4.74 Å². The second-order valence-electron chi connectivity index (χ2n) is 14.7. The molecule has 4 aromatic rings. The molecule has 3 atom stereocenters. The summed E-state index contributed by atoms with van der Waals surface area (Å²) < 4.78 is 8.63. The standard InChI is InChI=1S/C39H45ClN2O4S/c1-38(2,3)47-35-32-20-29(46-24-28-12-9-19-41(28)36(43)31-21-30(31)26-10-7-6-8-11-26)17-18-33(32)42(23-25-13-15-27(40)16-14-25)34(35)22-39(4,5)37(44)45/h6-8,10-11,13-18,20,28,30-31H,9,12,19,21-24H2,1-5H3,(H,44,45). The maximum Gasteiger partial charge on any atom is 0.309 e. The van der Waals surface area contributed by atoms with E-state index in [-0.39, 0.29) is 22.6 Å². The van der Waals surface area contributed by atoms with Gasteiger partial charge in [-0.05, 0) is 80.5 Å². The number of halogens is 1. The number of ether oxygens (including phenoxy) is 1. The van der Waals surface area contributed by atoms with Crippen LogP contribution in [-0.2, 0) is 22.6 Å². The Hall–Kier alpha value is -3.42. The molecular weight excluding hydrogens is 628 g/mol. The molecule has 1 aromatic heterocycles. The predicted octanol–water partition coefficient (Wildman–Crippen LogP) is 9.06. The zero-order chi connectivity index (χ0) is 33.5. The molecule has 1 saturated carbocycles. The third-order valence-corrected chi connectivity index (χ3v) is 10.9. The normalized spacial score (nSPS) is 19.7. The molecule has 248 valence electrons. The molecule has 1 aliphatic heterocycles. The number of aliphatic carboxylic acids is 1. The van der Waals surface area contributed by atoms with Crippen molar-refractivity contribution >= 4 is 46.1 Å². The number of nitrogens with zero attached hydrogens (tertiary/aromatic N) is 2. The molecular formula is C39H45ClN2O4S. The van der Waals surface area contributed by atoms with Crippen molar-refractivity contribution in [2.45, 2.75) is 88.4 Å². The first-order valence-electron chi connectivity index (χ1n) is 16.6. The van der Waals surface area contributed by atoms with Crippen LogP contribution in [0.3, 0.4) is 0 Å². The molecule has 2 heterocycles. The zero-order valence-corrected chi connectivity index (χ0v) is 29.5. The van der Waals surface area contributed by atoms with E-state index in [1.165, 1.54) is 5.56 Å². The fourth-order valence-corrected chi connectivity index (χ4v) is 8.04. The Morgan fingerprint density at radius 3 is 2.40 bits per heavy atom. The van der Waals surface area contributed by atoms with Gasteiger partial charge in [0.25, 0.3) is 0 Å². The fourth-order valence-electron chi connectivity index (χ4n) is 6.73. The van der Waals surface area contributed by atoms with Crippen LogP contribution in [0.25, 0.3) is 10.9 Å². The first-order valence-corrected chi connectivity index (χ1v) is 17.8. The molecule has 2 fully saturated rings. The largest absolute Gasteiger partial charge is 0.491 e. The Morgan fingerprint density at radius 1 is 1.00 bits per heavy atom. The number of likely N-dealkylation sites (tertiary alicyclic amines) is 1. The van der Waals surface area contributed by atoms with Crippen LogP contribution in [0.15, 0.2) is 77.7 Å². The van der Waals surface area contributed by atoms with Gasteiger partial charge in [-0.15, -0.1) is 11.8 Å². The van der Waals surface area contributed by atoms with E-state index in [0.717, 1.165) is 58.6 Å². The van der Waals surface area contributed by atoms with Gasteiger partial charge in [0, 0.05) is 56.7 Å². The lowest BCUT2D eigenvalue weighted by atomic mass is 9.88. The molecule has 6 nitrogen and oxygen atoms in total. The van der Waals surface area contributed by atoms with Crippen LogP contribution in [0.2, 0.25) is 5.02 Å². The van der Waals surface area contributed by atoms with Crippen LogP contribution in [0, 0.1) is 11.3 Å². The number of rotatable bonds is 11. The number of benzene rings is 3. The van der Waals surface area contributed by atoms with Gasteiger partial charge in [-0.3, -0.25) is 9.59 Å². The fraction of sp³-hybridized carbons (Fsp3) is 0.436. The van der Waals surface area contributed by atoms with Crippen LogP contribution in [0.1, 0.15) is 76.6 Å². The van der Waals surface area contributed by atoms with E-state index in [9.17, 15) is 14.7 Å². The van der Waals surface area contributed by atoms with Crippen LogP contribution >= 0.6 is 23.4 Å². The zero-order valence-electron chi connectivity index (χ0n) is 28.0. The Balaban J connectivity index is 1.29. The van der Waals surface area contributed by atoms with Crippen molar-refractivity contribution in [2.75, 3.05) is 13.2 Å². The Kier molecular flexibility index (Phi) is 9.43. The summed E-state index contributed by atoms with van der Waals surface area (Å²) in [5.41, 5.74) is 3.42. The number of carbonyl (C=O) groups excluding carboxylic acids is 1. The average Bonchev–Trinajstić information content (AvgIpc) is 3.62. The summed E-state index contributed by atoms with van der Waals surface area (Å²) in [6.07, 6.45) is 3.23. The van der Waals surface area contributed by atoms with E-state index in [4.69, 9.17) is 16.3 Å². The molecule has 1 amide bonds. The molecule has 0 radical (unpaired) electrons. The van der Waals surface area contributed by atoms with E-state index in [2.05, 4.69) is 54.5 Å². The van der Waals surface area contributed by atoms with Gasteiger partial charge in [0.05, 0.1) is 11.5 Å². The summed E-state index contributed by atoms with van der Waals surface area (Å²) in [6.45, 7) is 11.9.